The van der Waals surface area contributed by atoms with Crippen molar-refractivity contribution in [3.05, 3.63) is 78.2 Å². The van der Waals surface area contributed by atoms with Crippen LogP contribution in [0, 0.1) is 6.42 Å². The molecule has 2 atom stereocenters. The van der Waals surface area contributed by atoms with E-state index in [0.717, 1.165) is 19.5 Å². The molecule has 0 saturated heterocycles. The molecule has 2 heteroatoms. The summed E-state index contributed by atoms with van der Waals surface area (Å²) >= 11 is 3.84. The van der Waals surface area contributed by atoms with Crippen LogP contribution >= 0.6 is 15.9 Å². The number of hydrogen-bond donors (Lipinski definition) is 0. The quantitative estimate of drug-likeness (QED) is 0.664. The second-order valence-corrected chi connectivity index (χ2v) is 8.26. The van der Waals surface area contributed by atoms with Gasteiger partial charge in [0.2, 0.25) is 0 Å². The maximum Gasteiger partial charge on any atom is 0.0276 e. The molecule has 1 nitrogen and oxygen atoms in total. The highest BCUT2D eigenvalue weighted by atomic mass is 79.9. The van der Waals surface area contributed by atoms with Crippen molar-refractivity contribution in [1.29, 1.82) is 0 Å². The second-order valence-electron chi connectivity index (χ2n) is 6.45. The standard InChI is InChI=1S/C20H23BrN/c1-20(21)13-12-19(14-20)22(15-17-8-4-2-5-9-17)16-18-10-6-3-7-11-18/h2-11,13,19H,12,14-16H2,1H3. The first-order chi connectivity index (χ1) is 10.6. The van der Waals surface area contributed by atoms with Crippen LogP contribution in [-0.2, 0) is 13.1 Å². The molecule has 0 N–H and O–H groups in total. The van der Waals surface area contributed by atoms with Gasteiger partial charge in [0.1, 0.15) is 0 Å². The SMILES string of the molecule is CC1(Br)[CH]CC(N(Cc2ccccc2)Cc2ccccc2)C1. The molecule has 22 heavy (non-hydrogen) atoms. The Bertz CT molecular complexity index is 538. The molecular weight excluding hydrogens is 334 g/mol. The van der Waals surface area contributed by atoms with Crippen molar-refractivity contribution in [2.45, 2.75) is 43.2 Å². The first-order valence-corrected chi connectivity index (χ1v) is 8.77. The van der Waals surface area contributed by atoms with E-state index in [1.165, 1.54) is 17.5 Å². The van der Waals surface area contributed by atoms with E-state index in [2.05, 4.69) is 94.8 Å². The van der Waals surface area contributed by atoms with Gasteiger partial charge in [-0.1, -0.05) is 76.6 Å². The zero-order valence-electron chi connectivity index (χ0n) is 13.1. The van der Waals surface area contributed by atoms with Gasteiger partial charge >= 0.3 is 0 Å². The third kappa shape index (κ3) is 4.21. The van der Waals surface area contributed by atoms with Gasteiger partial charge in [0.05, 0.1) is 0 Å². The lowest BCUT2D eigenvalue weighted by molar-refractivity contribution is 0.180. The Hall–Kier alpha value is -1.12. The molecule has 2 unspecified atom stereocenters. The normalized spacial score (nSPS) is 24.8. The lowest BCUT2D eigenvalue weighted by atomic mass is 10.1. The van der Waals surface area contributed by atoms with Crippen LogP contribution in [0.1, 0.15) is 30.9 Å². The average Bonchev–Trinajstić information content (AvgIpc) is 2.89. The molecule has 0 heterocycles. The summed E-state index contributed by atoms with van der Waals surface area (Å²) in [5, 5.41) is 0. The molecule has 2 aromatic carbocycles. The molecule has 2 aromatic rings. The Kier molecular flexibility index (Phi) is 5.00. The predicted molar refractivity (Wildman–Crippen MR) is 96.8 cm³/mol. The summed E-state index contributed by atoms with van der Waals surface area (Å²) in [6.45, 7) is 4.30. The van der Waals surface area contributed by atoms with Gasteiger partial charge in [0.15, 0.2) is 0 Å². The maximum atomic E-state index is 3.84. The fourth-order valence-electron chi connectivity index (χ4n) is 3.24. The van der Waals surface area contributed by atoms with Crippen LogP contribution in [0.4, 0.5) is 0 Å². The van der Waals surface area contributed by atoms with Crippen molar-refractivity contribution in [1.82, 2.24) is 4.90 Å². The Balaban J connectivity index is 1.76. The van der Waals surface area contributed by atoms with Gasteiger partial charge in [-0.2, -0.15) is 0 Å². The third-order valence-corrected chi connectivity index (χ3v) is 5.07. The zero-order valence-corrected chi connectivity index (χ0v) is 14.7. The van der Waals surface area contributed by atoms with Gasteiger partial charge in [0.25, 0.3) is 0 Å². The van der Waals surface area contributed by atoms with Gasteiger partial charge < -0.3 is 0 Å². The molecule has 0 spiro atoms. The molecule has 115 valence electrons. The van der Waals surface area contributed by atoms with Gasteiger partial charge in [-0.15, -0.1) is 0 Å². The highest BCUT2D eigenvalue weighted by Gasteiger charge is 2.36. The summed E-state index contributed by atoms with van der Waals surface area (Å²) in [7, 11) is 0. The molecule has 1 saturated carbocycles. The van der Waals surface area contributed by atoms with Crippen LogP contribution in [0.25, 0.3) is 0 Å². The molecule has 3 rings (SSSR count). The predicted octanol–water partition coefficient (Wildman–Crippen LogP) is 5.21. The Morgan fingerprint density at radius 3 is 1.86 bits per heavy atom. The van der Waals surface area contributed by atoms with Gasteiger partial charge in [-0.25, -0.2) is 0 Å². The van der Waals surface area contributed by atoms with Gasteiger partial charge in [-0.05, 0) is 37.3 Å². The lowest BCUT2D eigenvalue weighted by Crippen LogP contribution is -2.33. The molecule has 1 aliphatic rings. The summed E-state index contributed by atoms with van der Waals surface area (Å²) < 4.78 is 0.184. The fraction of sp³-hybridized carbons (Fsp3) is 0.350. The summed E-state index contributed by atoms with van der Waals surface area (Å²) in [5.41, 5.74) is 2.78. The van der Waals surface area contributed by atoms with Gasteiger partial charge in [0, 0.05) is 23.5 Å². The van der Waals surface area contributed by atoms with E-state index >= 15 is 0 Å². The molecule has 1 radical (unpaired) electrons. The van der Waals surface area contributed by atoms with Crippen LogP contribution in [0.15, 0.2) is 60.7 Å². The highest BCUT2D eigenvalue weighted by Crippen LogP contribution is 2.39. The van der Waals surface area contributed by atoms with Crippen LogP contribution < -0.4 is 0 Å². The van der Waals surface area contributed by atoms with Crippen molar-refractivity contribution in [3.63, 3.8) is 0 Å². The fourth-order valence-corrected chi connectivity index (χ4v) is 3.80. The van der Waals surface area contributed by atoms with Crippen molar-refractivity contribution >= 4 is 15.9 Å². The van der Waals surface area contributed by atoms with E-state index < -0.39 is 0 Å². The van der Waals surface area contributed by atoms with E-state index in [1.807, 2.05) is 0 Å². The van der Waals surface area contributed by atoms with Crippen molar-refractivity contribution < 1.29 is 0 Å². The van der Waals surface area contributed by atoms with Crippen molar-refractivity contribution in [3.8, 4) is 0 Å². The Morgan fingerprint density at radius 1 is 0.955 bits per heavy atom. The highest BCUT2D eigenvalue weighted by molar-refractivity contribution is 9.10. The van der Waals surface area contributed by atoms with E-state index in [0.29, 0.717) is 6.04 Å². The first-order valence-electron chi connectivity index (χ1n) is 7.98. The number of hydrogen-bond acceptors (Lipinski definition) is 1. The lowest BCUT2D eigenvalue weighted by Gasteiger charge is -2.30. The summed E-state index contributed by atoms with van der Waals surface area (Å²) in [5.74, 6) is 0. The third-order valence-electron chi connectivity index (χ3n) is 4.42. The van der Waals surface area contributed by atoms with E-state index in [1.54, 1.807) is 0 Å². The molecule has 1 aliphatic carbocycles. The minimum absolute atomic E-state index is 0.184. The summed E-state index contributed by atoms with van der Waals surface area (Å²) in [6, 6.07) is 22.2. The summed E-state index contributed by atoms with van der Waals surface area (Å²) in [4.78, 5) is 2.62. The van der Waals surface area contributed by atoms with E-state index in [9.17, 15) is 0 Å². The molecule has 0 amide bonds. The van der Waals surface area contributed by atoms with Crippen molar-refractivity contribution in [2.24, 2.45) is 0 Å². The second kappa shape index (κ2) is 6.97. The number of nitrogens with zero attached hydrogens (tertiary/aromatic N) is 1. The van der Waals surface area contributed by atoms with Crippen LogP contribution in [-0.4, -0.2) is 15.3 Å². The Labute approximate surface area is 142 Å². The largest absolute Gasteiger partial charge is 0.292 e. The molecule has 1 fully saturated rings. The minimum Gasteiger partial charge on any atom is -0.292 e. The molecular formula is C20H23BrN. The molecule has 0 aliphatic heterocycles. The van der Waals surface area contributed by atoms with Crippen LogP contribution in [0.2, 0.25) is 0 Å². The molecule has 0 aromatic heterocycles. The zero-order chi connectivity index (χ0) is 15.4. The smallest absolute Gasteiger partial charge is 0.0276 e. The number of halogens is 1. The van der Waals surface area contributed by atoms with E-state index in [4.69, 9.17) is 0 Å². The van der Waals surface area contributed by atoms with E-state index in [-0.39, 0.29) is 4.32 Å². The van der Waals surface area contributed by atoms with Gasteiger partial charge in [-0.3, -0.25) is 4.90 Å². The first kappa shape index (κ1) is 15.8. The molecule has 0 bridgehead atoms. The van der Waals surface area contributed by atoms with Crippen LogP contribution in [0.5, 0.6) is 0 Å². The summed E-state index contributed by atoms with van der Waals surface area (Å²) in [6.07, 6.45) is 4.74. The average molecular weight is 357 g/mol. The topological polar surface area (TPSA) is 3.24 Å². The maximum absolute atomic E-state index is 3.84. The number of rotatable bonds is 5. The minimum atomic E-state index is 0.184. The number of benzene rings is 2. The van der Waals surface area contributed by atoms with Crippen LogP contribution in [0.3, 0.4) is 0 Å². The Morgan fingerprint density at radius 2 is 1.45 bits per heavy atom. The monoisotopic (exact) mass is 356 g/mol. The number of alkyl halides is 1. The van der Waals surface area contributed by atoms with Crippen molar-refractivity contribution in [2.75, 3.05) is 0 Å².